The van der Waals surface area contributed by atoms with Gasteiger partial charge in [-0.1, -0.05) is 17.7 Å². The molecule has 154 valence electrons. The number of nitrogens with one attached hydrogen (secondary N) is 2. The Morgan fingerprint density at radius 3 is 2.93 bits per heavy atom. The van der Waals surface area contributed by atoms with E-state index in [2.05, 4.69) is 25.6 Å². The van der Waals surface area contributed by atoms with Gasteiger partial charge in [-0.15, -0.1) is 16.4 Å². The number of aromatic amines is 1. The van der Waals surface area contributed by atoms with Gasteiger partial charge >= 0.3 is 0 Å². The lowest BCUT2D eigenvalue weighted by Crippen LogP contribution is -2.36. The molecule has 11 heteroatoms. The molecule has 1 saturated heterocycles. The first-order valence-corrected chi connectivity index (χ1v) is 10.6. The molecule has 1 fully saturated rings. The summed E-state index contributed by atoms with van der Waals surface area (Å²) < 4.78 is 7.15. The largest absolute Gasteiger partial charge is 0.378 e. The van der Waals surface area contributed by atoms with Crippen LogP contribution in [0.15, 0.2) is 30.3 Å². The van der Waals surface area contributed by atoms with Gasteiger partial charge in [0.25, 0.3) is 5.91 Å². The highest BCUT2D eigenvalue weighted by Gasteiger charge is 2.20. The zero-order valence-electron chi connectivity index (χ0n) is 16.1. The average Bonchev–Trinajstić information content (AvgIpc) is 3.46. The molecule has 0 radical (unpaired) electrons. The summed E-state index contributed by atoms with van der Waals surface area (Å²) in [6.07, 6.45) is 0. The molecule has 3 aromatic heterocycles. The highest BCUT2D eigenvalue weighted by molar-refractivity contribution is 7.20. The molecule has 0 unspecified atom stereocenters. The number of ether oxygens (including phenoxy) is 1. The summed E-state index contributed by atoms with van der Waals surface area (Å²) >= 11 is 7.49. The van der Waals surface area contributed by atoms with Gasteiger partial charge in [0.1, 0.15) is 4.83 Å². The van der Waals surface area contributed by atoms with Gasteiger partial charge in [-0.05, 0) is 31.2 Å². The number of rotatable bonds is 4. The van der Waals surface area contributed by atoms with Gasteiger partial charge in [0.15, 0.2) is 0 Å². The molecule has 30 heavy (non-hydrogen) atoms. The van der Waals surface area contributed by atoms with Gasteiger partial charge in [-0.3, -0.25) is 10.1 Å². The van der Waals surface area contributed by atoms with Crippen molar-refractivity contribution in [1.82, 2.24) is 25.0 Å². The SMILES string of the molecule is Cc1nn(-c2cccc(Cl)c2)c2sc(C(=O)Nc3nc(N4CCOCC4)n[nH]3)cc12. The molecular weight excluding hydrogens is 426 g/mol. The monoisotopic (exact) mass is 443 g/mol. The lowest BCUT2D eigenvalue weighted by Gasteiger charge is -2.25. The average molecular weight is 444 g/mol. The van der Waals surface area contributed by atoms with Crippen LogP contribution in [0.3, 0.4) is 0 Å². The van der Waals surface area contributed by atoms with Crippen molar-refractivity contribution in [2.24, 2.45) is 0 Å². The van der Waals surface area contributed by atoms with Gasteiger partial charge in [-0.25, -0.2) is 9.78 Å². The van der Waals surface area contributed by atoms with Crippen LogP contribution in [0, 0.1) is 6.92 Å². The van der Waals surface area contributed by atoms with Crippen molar-refractivity contribution in [2.45, 2.75) is 6.92 Å². The maximum atomic E-state index is 12.8. The molecule has 1 aliphatic heterocycles. The number of hydrogen-bond donors (Lipinski definition) is 2. The summed E-state index contributed by atoms with van der Waals surface area (Å²) in [5, 5.41) is 15.9. The number of hydrogen-bond acceptors (Lipinski definition) is 7. The first-order chi connectivity index (χ1) is 14.6. The zero-order valence-corrected chi connectivity index (χ0v) is 17.6. The van der Waals surface area contributed by atoms with Crippen molar-refractivity contribution >= 4 is 51.0 Å². The molecule has 1 aliphatic rings. The van der Waals surface area contributed by atoms with Crippen LogP contribution < -0.4 is 10.2 Å². The third kappa shape index (κ3) is 3.53. The Kier molecular flexibility index (Phi) is 4.89. The fourth-order valence-electron chi connectivity index (χ4n) is 3.32. The summed E-state index contributed by atoms with van der Waals surface area (Å²) in [7, 11) is 0. The Hall–Kier alpha value is -2.95. The van der Waals surface area contributed by atoms with Crippen LogP contribution in [0.25, 0.3) is 15.9 Å². The number of thiophene rings is 1. The first-order valence-electron chi connectivity index (χ1n) is 9.40. The maximum absolute atomic E-state index is 12.8. The lowest BCUT2D eigenvalue weighted by atomic mass is 10.3. The first kappa shape index (κ1) is 19.0. The molecule has 1 aromatic carbocycles. The Morgan fingerprint density at radius 1 is 1.30 bits per heavy atom. The quantitative estimate of drug-likeness (QED) is 0.502. The highest BCUT2D eigenvalue weighted by atomic mass is 35.5. The van der Waals surface area contributed by atoms with Crippen LogP contribution in [-0.2, 0) is 4.74 Å². The third-order valence-electron chi connectivity index (χ3n) is 4.82. The van der Waals surface area contributed by atoms with Gasteiger partial charge in [0.2, 0.25) is 11.9 Å². The Balaban J connectivity index is 1.39. The predicted molar refractivity (Wildman–Crippen MR) is 116 cm³/mol. The smallest absolute Gasteiger partial charge is 0.268 e. The number of amides is 1. The van der Waals surface area contributed by atoms with Crippen molar-refractivity contribution in [3.05, 3.63) is 45.9 Å². The number of aromatic nitrogens is 5. The minimum Gasteiger partial charge on any atom is -0.378 e. The number of H-pyrrole nitrogens is 1. The number of fused-ring (bicyclic) bond motifs is 1. The molecule has 0 saturated carbocycles. The second-order valence-electron chi connectivity index (χ2n) is 6.84. The van der Waals surface area contributed by atoms with Crippen LogP contribution in [0.5, 0.6) is 0 Å². The van der Waals surface area contributed by atoms with E-state index in [4.69, 9.17) is 16.3 Å². The van der Waals surface area contributed by atoms with E-state index in [1.807, 2.05) is 46.8 Å². The molecule has 9 nitrogen and oxygen atoms in total. The molecule has 1 amide bonds. The minimum atomic E-state index is -0.252. The van der Waals surface area contributed by atoms with Gasteiger partial charge in [-0.2, -0.15) is 10.1 Å². The Morgan fingerprint density at radius 2 is 2.13 bits per heavy atom. The van der Waals surface area contributed by atoms with Crippen molar-refractivity contribution in [2.75, 3.05) is 36.5 Å². The maximum Gasteiger partial charge on any atom is 0.268 e. The van der Waals surface area contributed by atoms with Crippen LogP contribution in [0.1, 0.15) is 15.4 Å². The van der Waals surface area contributed by atoms with E-state index in [0.717, 1.165) is 34.7 Å². The summed E-state index contributed by atoms with van der Waals surface area (Å²) in [6, 6.07) is 9.30. The van der Waals surface area contributed by atoms with Crippen LogP contribution in [-0.4, -0.2) is 57.2 Å². The van der Waals surface area contributed by atoms with Crippen molar-refractivity contribution in [3.8, 4) is 5.69 Å². The number of nitrogens with zero attached hydrogens (tertiary/aromatic N) is 5. The number of aryl methyl sites for hydroxylation is 1. The molecule has 0 atom stereocenters. The molecule has 5 rings (SSSR count). The molecule has 0 spiro atoms. The van der Waals surface area contributed by atoms with Gasteiger partial charge in [0, 0.05) is 23.5 Å². The van der Waals surface area contributed by atoms with E-state index >= 15 is 0 Å². The number of halogens is 1. The lowest BCUT2D eigenvalue weighted by molar-refractivity contribution is 0.102. The number of carbonyl (C=O) groups excluding carboxylic acids is 1. The van der Waals surface area contributed by atoms with Gasteiger partial charge in [0.05, 0.1) is 29.5 Å². The third-order valence-corrected chi connectivity index (χ3v) is 6.17. The summed E-state index contributed by atoms with van der Waals surface area (Å²) in [5.41, 5.74) is 1.69. The van der Waals surface area contributed by atoms with Crippen molar-refractivity contribution < 1.29 is 9.53 Å². The van der Waals surface area contributed by atoms with E-state index in [1.54, 1.807) is 0 Å². The molecule has 0 bridgehead atoms. The Bertz CT molecular complexity index is 1220. The summed E-state index contributed by atoms with van der Waals surface area (Å²) in [4.78, 5) is 20.6. The molecule has 4 heterocycles. The topological polar surface area (TPSA) is 101 Å². The molecule has 4 aromatic rings. The van der Waals surface area contributed by atoms with Crippen molar-refractivity contribution in [3.63, 3.8) is 0 Å². The zero-order chi connectivity index (χ0) is 20.7. The fourth-order valence-corrected chi connectivity index (χ4v) is 4.59. The number of morpholine rings is 1. The fraction of sp³-hybridized carbons (Fsp3) is 0.263. The second kappa shape index (κ2) is 7.71. The second-order valence-corrected chi connectivity index (χ2v) is 8.31. The van der Waals surface area contributed by atoms with Gasteiger partial charge < -0.3 is 9.64 Å². The van der Waals surface area contributed by atoms with E-state index in [9.17, 15) is 4.79 Å². The van der Waals surface area contributed by atoms with E-state index < -0.39 is 0 Å². The highest BCUT2D eigenvalue weighted by Crippen LogP contribution is 2.31. The van der Waals surface area contributed by atoms with E-state index in [-0.39, 0.29) is 5.91 Å². The van der Waals surface area contributed by atoms with Crippen LogP contribution >= 0.6 is 22.9 Å². The van der Waals surface area contributed by atoms with E-state index in [1.165, 1.54) is 11.3 Å². The van der Waals surface area contributed by atoms with Crippen LogP contribution in [0.4, 0.5) is 11.9 Å². The number of anilines is 2. The summed E-state index contributed by atoms with van der Waals surface area (Å²) in [5.74, 6) is 0.613. The van der Waals surface area contributed by atoms with Crippen molar-refractivity contribution in [1.29, 1.82) is 0 Å². The predicted octanol–water partition coefficient (Wildman–Crippen LogP) is 3.26. The number of carbonyl (C=O) groups is 1. The van der Waals surface area contributed by atoms with E-state index in [0.29, 0.717) is 35.0 Å². The standard InChI is InChI=1S/C19H18ClN7O2S/c1-11-14-10-15(30-17(14)27(25-11)13-4-2-3-12(20)9-13)16(28)21-18-22-19(24-23-18)26-5-7-29-8-6-26/h2-4,9-10H,5-8H2,1H3,(H2,21,22,23,24,28). The minimum absolute atomic E-state index is 0.252. The normalized spacial score (nSPS) is 14.4. The molecule has 2 N–H and O–H groups in total. The summed E-state index contributed by atoms with van der Waals surface area (Å²) in [6.45, 7) is 4.65. The molecule has 0 aliphatic carbocycles. The number of benzene rings is 1. The van der Waals surface area contributed by atoms with Crippen LogP contribution in [0.2, 0.25) is 5.02 Å². The molecular formula is C19H18ClN7O2S. The Labute approximate surface area is 180 Å².